The molecule has 0 radical (unpaired) electrons. The second-order valence-corrected chi connectivity index (χ2v) is 12.2. The summed E-state index contributed by atoms with van der Waals surface area (Å²) in [5, 5.41) is 3.22. The first kappa shape index (κ1) is 27.5. The first-order valence-electron chi connectivity index (χ1n) is 14.6. The van der Waals surface area contributed by atoms with E-state index in [1.54, 1.807) is 11.8 Å². The van der Waals surface area contributed by atoms with E-state index in [2.05, 4.69) is 78.6 Å². The molecule has 6 heteroatoms. The molecule has 0 saturated heterocycles. The quantitative estimate of drug-likeness (QED) is 0.198. The molecule has 1 aromatic heterocycles. The Morgan fingerprint density at radius 2 is 1.27 bits per heavy atom. The van der Waals surface area contributed by atoms with Crippen molar-refractivity contribution >= 4 is 50.5 Å². The van der Waals surface area contributed by atoms with Crippen molar-refractivity contribution in [3.63, 3.8) is 0 Å². The SMILES string of the molecule is Cc1ccc(N2c3ccccc3Sc3ccccc32)c2nc(-c3ccc(C(F)(F)F)cc3)cc(-c3cccc4ccccc34)c12. The highest BCUT2D eigenvalue weighted by Crippen LogP contribution is 2.53. The molecule has 0 aliphatic carbocycles. The van der Waals surface area contributed by atoms with Gasteiger partial charge in [-0.3, -0.25) is 0 Å². The first-order valence-corrected chi connectivity index (χ1v) is 15.4. The zero-order valence-corrected chi connectivity index (χ0v) is 25.0. The molecule has 45 heavy (non-hydrogen) atoms. The van der Waals surface area contributed by atoms with Crippen molar-refractivity contribution in [2.75, 3.05) is 4.90 Å². The van der Waals surface area contributed by atoms with Crippen LogP contribution in [-0.4, -0.2) is 4.98 Å². The number of nitrogens with zero attached hydrogens (tertiary/aromatic N) is 2. The molecule has 8 rings (SSSR count). The van der Waals surface area contributed by atoms with Gasteiger partial charge in [-0.2, -0.15) is 13.2 Å². The normalized spacial score (nSPS) is 12.8. The van der Waals surface area contributed by atoms with Gasteiger partial charge < -0.3 is 4.90 Å². The summed E-state index contributed by atoms with van der Waals surface area (Å²) in [7, 11) is 0. The number of para-hydroxylation sites is 2. The summed E-state index contributed by atoms with van der Waals surface area (Å²) in [4.78, 5) is 9.79. The molecule has 0 amide bonds. The van der Waals surface area contributed by atoms with E-state index in [4.69, 9.17) is 4.98 Å². The van der Waals surface area contributed by atoms with Crippen LogP contribution in [0.4, 0.5) is 30.2 Å². The number of hydrogen-bond acceptors (Lipinski definition) is 3. The van der Waals surface area contributed by atoms with E-state index in [9.17, 15) is 13.2 Å². The van der Waals surface area contributed by atoms with Crippen LogP contribution in [0.1, 0.15) is 11.1 Å². The van der Waals surface area contributed by atoms with Gasteiger partial charge in [0.15, 0.2) is 0 Å². The maximum atomic E-state index is 13.5. The molecule has 0 unspecified atom stereocenters. The van der Waals surface area contributed by atoms with E-state index in [1.165, 1.54) is 12.1 Å². The van der Waals surface area contributed by atoms with E-state index >= 15 is 0 Å². The third kappa shape index (κ3) is 4.64. The number of aromatic nitrogens is 1. The first-order chi connectivity index (χ1) is 21.9. The minimum Gasteiger partial charge on any atom is -0.306 e. The molecule has 1 aliphatic rings. The van der Waals surface area contributed by atoms with E-state index < -0.39 is 11.7 Å². The average Bonchev–Trinajstić information content (AvgIpc) is 3.06. The van der Waals surface area contributed by atoms with Crippen molar-refractivity contribution in [1.29, 1.82) is 0 Å². The van der Waals surface area contributed by atoms with Crippen LogP contribution in [-0.2, 0) is 6.18 Å². The third-order valence-electron chi connectivity index (χ3n) is 8.41. The van der Waals surface area contributed by atoms with Crippen LogP contribution in [0.2, 0.25) is 0 Å². The van der Waals surface area contributed by atoms with E-state index in [0.717, 1.165) is 77.4 Å². The lowest BCUT2D eigenvalue weighted by atomic mass is 9.91. The smallest absolute Gasteiger partial charge is 0.306 e. The van der Waals surface area contributed by atoms with Gasteiger partial charge in [-0.05, 0) is 82.9 Å². The van der Waals surface area contributed by atoms with E-state index in [-0.39, 0.29) is 0 Å². The summed E-state index contributed by atoms with van der Waals surface area (Å²) in [5.41, 5.74) is 7.45. The lowest BCUT2D eigenvalue weighted by Gasteiger charge is -2.33. The van der Waals surface area contributed by atoms with E-state index in [1.807, 2.05) is 42.5 Å². The van der Waals surface area contributed by atoms with Crippen molar-refractivity contribution in [2.45, 2.75) is 22.9 Å². The lowest BCUT2D eigenvalue weighted by Crippen LogP contribution is -2.15. The van der Waals surface area contributed by atoms with Gasteiger partial charge in [-0.25, -0.2) is 4.98 Å². The van der Waals surface area contributed by atoms with Gasteiger partial charge in [0, 0.05) is 20.7 Å². The van der Waals surface area contributed by atoms with E-state index in [0.29, 0.717) is 11.3 Å². The molecule has 6 aromatic carbocycles. The summed E-state index contributed by atoms with van der Waals surface area (Å²) in [6.45, 7) is 2.09. The van der Waals surface area contributed by atoms with Gasteiger partial charge in [0.05, 0.1) is 33.8 Å². The van der Waals surface area contributed by atoms with Gasteiger partial charge in [-0.15, -0.1) is 0 Å². The summed E-state index contributed by atoms with van der Waals surface area (Å²) in [6.07, 6.45) is -4.42. The fraction of sp³-hybridized carbons (Fsp3) is 0.0513. The largest absolute Gasteiger partial charge is 0.416 e. The Balaban J connectivity index is 1.46. The molecule has 0 atom stereocenters. The van der Waals surface area contributed by atoms with Crippen molar-refractivity contribution < 1.29 is 13.2 Å². The number of rotatable bonds is 3. The maximum Gasteiger partial charge on any atom is 0.416 e. The van der Waals surface area contributed by atoms with Crippen molar-refractivity contribution in [1.82, 2.24) is 4.98 Å². The molecular weight excluding hydrogens is 586 g/mol. The van der Waals surface area contributed by atoms with Crippen LogP contribution in [0.25, 0.3) is 44.1 Å². The number of pyridine rings is 1. The topological polar surface area (TPSA) is 16.1 Å². The van der Waals surface area contributed by atoms with Crippen molar-refractivity contribution in [3.05, 3.63) is 145 Å². The van der Waals surface area contributed by atoms with Gasteiger partial charge in [0.2, 0.25) is 0 Å². The number of aryl methyl sites for hydroxylation is 1. The Kier molecular flexibility index (Phi) is 6.43. The highest BCUT2D eigenvalue weighted by Gasteiger charge is 2.30. The molecule has 0 fully saturated rings. The predicted molar refractivity (Wildman–Crippen MR) is 179 cm³/mol. The number of anilines is 3. The molecule has 2 heterocycles. The fourth-order valence-electron chi connectivity index (χ4n) is 6.29. The van der Waals surface area contributed by atoms with Gasteiger partial charge in [0.25, 0.3) is 0 Å². The minimum atomic E-state index is -4.42. The van der Waals surface area contributed by atoms with Crippen molar-refractivity contribution in [2.24, 2.45) is 0 Å². The molecule has 2 nitrogen and oxygen atoms in total. The Morgan fingerprint density at radius 1 is 0.622 bits per heavy atom. The Labute approximate surface area is 262 Å². The van der Waals surface area contributed by atoms with Crippen LogP contribution in [0, 0.1) is 6.92 Å². The lowest BCUT2D eigenvalue weighted by molar-refractivity contribution is -0.137. The standard InChI is InChI=1S/C39H25F3N2S/c1-24-17-22-34(44-32-13-4-6-15-35(32)45-36-16-7-5-14-33(36)44)38-37(24)30(29-12-8-10-25-9-2-3-11-28(25)29)23-31(43-38)26-18-20-27(21-19-26)39(40,41)42/h2-23H,1H3. The molecule has 0 bridgehead atoms. The number of alkyl halides is 3. The Bertz CT molecular complexity index is 2210. The number of benzene rings is 6. The number of halogens is 3. The highest BCUT2D eigenvalue weighted by molar-refractivity contribution is 7.99. The predicted octanol–water partition coefficient (Wildman–Crippen LogP) is 12.0. The minimum absolute atomic E-state index is 0.610. The zero-order valence-electron chi connectivity index (χ0n) is 24.1. The third-order valence-corrected chi connectivity index (χ3v) is 9.54. The molecule has 0 saturated carbocycles. The summed E-state index contributed by atoms with van der Waals surface area (Å²) >= 11 is 1.74. The van der Waals surface area contributed by atoms with Crippen LogP contribution in [0.3, 0.4) is 0 Å². The maximum absolute atomic E-state index is 13.5. The molecular formula is C39H25F3N2S. The molecule has 1 aliphatic heterocycles. The summed E-state index contributed by atoms with van der Waals surface area (Å²) in [6, 6.07) is 42.8. The molecule has 218 valence electrons. The van der Waals surface area contributed by atoms with Crippen molar-refractivity contribution in [3.8, 4) is 22.4 Å². The molecule has 0 N–H and O–H groups in total. The second-order valence-electron chi connectivity index (χ2n) is 11.2. The Hall–Kier alpha value is -5.07. The average molecular weight is 611 g/mol. The number of hydrogen-bond donors (Lipinski definition) is 0. The molecule has 7 aromatic rings. The van der Waals surface area contributed by atoms with Crippen LogP contribution < -0.4 is 4.90 Å². The highest BCUT2D eigenvalue weighted by atomic mass is 32.2. The van der Waals surface area contributed by atoms with Gasteiger partial charge in [0.1, 0.15) is 0 Å². The fourth-order valence-corrected chi connectivity index (χ4v) is 7.35. The van der Waals surface area contributed by atoms with Crippen LogP contribution >= 0.6 is 11.8 Å². The molecule has 0 spiro atoms. The number of fused-ring (bicyclic) bond motifs is 4. The second kappa shape index (κ2) is 10.5. The van der Waals surface area contributed by atoms with Gasteiger partial charge in [-0.1, -0.05) is 96.7 Å². The van der Waals surface area contributed by atoms with Crippen LogP contribution in [0.15, 0.2) is 143 Å². The summed E-state index contributed by atoms with van der Waals surface area (Å²) < 4.78 is 40.5. The van der Waals surface area contributed by atoms with Gasteiger partial charge >= 0.3 is 6.18 Å². The Morgan fingerprint density at radius 3 is 1.98 bits per heavy atom. The zero-order chi connectivity index (χ0) is 30.7. The summed E-state index contributed by atoms with van der Waals surface area (Å²) in [5.74, 6) is 0. The van der Waals surface area contributed by atoms with Crippen LogP contribution in [0.5, 0.6) is 0 Å². The monoisotopic (exact) mass is 610 g/mol.